The Morgan fingerprint density at radius 1 is 1.22 bits per heavy atom. The molecule has 1 aromatic rings. The number of hydrogen-bond acceptors (Lipinski definition) is 4. The van der Waals surface area contributed by atoms with E-state index in [0.29, 0.717) is 10.8 Å². The van der Waals surface area contributed by atoms with Crippen molar-refractivity contribution in [1.82, 2.24) is 10.2 Å². The molecule has 0 spiro atoms. The molecule has 1 aromatic carbocycles. The van der Waals surface area contributed by atoms with Crippen LogP contribution in [0.2, 0.25) is 5.02 Å². The number of nitrogens with one attached hydrogen (secondary N) is 1. The summed E-state index contributed by atoms with van der Waals surface area (Å²) in [6.07, 6.45) is 0. The normalized spacial score (nSPS) is 16.9. The largest absolute Gasteiger partial charge is 0.503 e. The SMILES string of the molecule is COc1cc([C@@H](N2CCNCC2)C(C)(C)C)cc(Cl)c1O.Cl.Cl. The molecule has 0 saturated carbocycles. The molecular formula is C16H27Cl3N2O2. The van der Waals surface area contributed by atoms with Crippen LogP contribution in [0.5, 0.6) is 11.5 Å². The Balaban J connectivity index is 0.00000242. The Bertz CT molecular complexity index is 501. The van der Waals surface area contributed by atoms with E-state index in [2.05, 4.69) is 31.0 Å². The highest BCUT2D eigenvalue weighted by atomic mass is 35.5. The summed E-state index contributed by atoms with van der Waals surface area (Å²) >= 11 is 6.17. The first kappa shape index (κ1) is 22.6. The summed E-state index contributed by atoms with van der Waals surface area (Å²) in [5.41, 5.74) is 1.15. The molecule has 1 heterocycles. The molecule has 2 rings (SSSR count). The Morgan fingerprint density at radius 2 is 1.78 bits per heavy atom. The number of rotatable bonds is 3. The van der Waals surface area contributed by atoms with Gasteiger partial charge in [0.15, 0.2) is 11.5 Å². The Hall–Kier alpha value is -0.390. The molecule has 134 valence electrons. The van der Waals surface area contributed by atoms with Gasteiger partial charge >= 0.3 is 0 Å². The monoisotopic (exact) mass is 384 g/mol. The third-order valence-corrected chi connectivity index (χ3v) is 4.21. The van der Waals surface area contributed by atoms with Gasteiger partial charge in [0, 0.05) is 32.2 Å². The fraction of sp³-hybridized carbons (Fsp3) is 0.625. The number of halogens is 3. The van der Waals surface area contributed by atoms with Crippen molar-refractivity contribution < 1.29 is 9.84 Å². The van der Waals surface area contributed by atoms with E-state index >= 15 is 0 Å². The van der Waals surface area contributed by atoms with Crippen LogP contribution in [0.4, 0.5) is 0 Å². The Kier molecular flexibility index (Phi) is 9.03. The lowest BCUT2D eigenvalue weighted by atomic mass is 9.81. The number of phenolic OH excluding ortho intramolecular Hbond substituents is 1. The van der Waals surface area contributed by atoms with Crippen molar-refractivity contribution in [1.29, 1.82) is 0 Å². The first-order valence-corrected chi connectivity index (χ1v) is 7.73. The van der Waals surface area contributed by atoms with E-state index in [1.807, 2.05) is 12.1 Å². The second kappa shape index (κ2) is 9.19. The highest BCUT2D eigenvalue weighted by molar-refractivity contribution is 6.32. The molecule has 4 nitrogen and oxygen atoms in total. The molecule has 23 heavy (non-hydrogen) atoms. The molecule has 0 radical (unpaired) electrons. The maximum absolute atomic E-state index is 9.94. The van der Waals surface area contributed by atoms with Gasteiger partial charge in [0.25, 0.3) is 0 Å². The van der Waals surface area contributed by atoms with Gasteiger partial charge in [-0.05, 0) is 23.1 Å². The molecule has 7 heteroatoms. The lowest BCUT2D eigenvalue weighted by Crippen LogP contribution is -2.48. The molecular weight excluding hydrogens is 359 g/mol. The molecule has 0 bridgehead atoms. The number of ether oxygens (including phenoxy) is 1. The minimum atomic E-state index is 0. The number of hydrogen-bond donors (Lipinski definition) is 2. The number of benzene rings is 1. The fourth-order valence-electron chi connectivity index (χ4n) is 3.11. The average Bonchev–Trinajstić information content (AvgIpc) is 2.42. The van der Waals surface area contributed by atoms with Crippen LogP contribution in [0.15, 0.2) is 12.1 Å². The minimum absolute atomic E-state index is 0. The van der Waals surface area contributed by atoms with Crippen LogP contribution in [-0.2, 0) is 0 Å². The van der Waals surface area contributed by atoms with Crippen molar-refractivity contribution in [3.8, 4) is 11.5 Å². The zero-order chi connectivity index (χ0) is 15.6. The maximum atomic E-state index is 9.94. The van der Waals surface area contributed by atoms with E-state index < -0.39 is 0 Å². The second-order valence-corrected chi connectivity index (χ2v) is 7.02. The van der Waals surface area contributed by atoms with Crippen molar-refractivity contribution in [3.63, 3.8) is 0 Å². The molecule has 1 aliphatic heterocycles. The molecule has 1 aliphatic rings. The van der Waals surface area contributed by atoms with Gasteiger partial charge in [-0.2, -0.15) is 0 Å². The van der Waals surface area contributed by atoms with E-state index in [-0.39, 0.29) is 42.0 Å². The summed E-state index contributed by atoms with van der Waals surface area (Å²) in [5, 5.41) is 13.7. The van der Waals surface area contributed by atoms with E-state index in [9.17, 15) is 5.11 Å². The van der Waals surface area contributed by atoms with Crippen molar-refractivity contribution >= 4 is 36.4 Å². The van der Waals surface area contributed by atoms with E-state index in [1.54, 1.807) is 7.11 Å². The van der Waals surface area contributed by atoms with Gasteiger partial charge in [-0.15, -0.1) is 24.8 Å². The quantitative estimate of drug-likeness (QED) is 0.828. The fourth-order valence-corrected chi connectivity index (χ4v) is 3.33. The van der Waals surface area contributed by atoms with Gasteiger partial charge in [0.1, 0.15) is 0 Å². The maximum Gasteiger partial charge on any atom is 0.176 e. The number of piperazine rings is 1. The minimum Gasteiger partial charge on any atom is -0.503 e. The van der Waals surface area contributed by atoms with Crippen molar-refractivity contribution in [2.75, 3.05) is 33.3 Å². The van der Waals surface area contributed by atoms with Crippen molar-refractivity contribution in [2.45, 2.75) is 26.8 Å². The first-order valence-electron chi connectivity index (χ1n) is 7.35. The first-order chi connectivity index (χ1) is 9.84. The highest BCUT2D eigenvalue weighted by Crippen LogP contribution is 2.43. The summed E-state index contributed by atoms with van der Waals surface area (Å²) in [5.74, 6) is 0.442. The molecule has 1 saturated heterocycles. The Labute approximate surface area is 156 Å². The van der Waals surface area contributed by atoms with Gasteiger partial charge in [0.2, 0.25) is 0 Å². The predicted octanol–water partition coefficient (Wildman–Crippen LogP) is 3.89. The number of aromatic hydroxyl groups is 1. The Morgan fingerprint density at radius 3 is 2.26 bits per heavy atom. The van der Waals surface area contributed by atoms with Crippen LogP contribution in [0.3, 0.4) is 0 Å². The van der Waals surface area contributed by atoms with Crippen LogP contribution in [0.1, 0.15) is 32.4 Å². The second-order valence-electron chi connectivity index (χ2n) is 6.61. The van der Waals surface area contributed by atoms with Crippen LogP contribution >= 0.6 is 36.4 Å². The van der Waals surface area contributed by atoms with Crippen LogP contribution in [0, 0.1) is 5.41 Å². The summed E-state index contributed by atoms with van der Waals surface area (Å²) in [7, 11) is 1.55. The van der Waals surface area contributed by atoms with Crippen LogP contribution < -0.4 is 10.1 Å². The summed E-state index contributed by atoms with van der Waals surface area (Å²) in [4.78, 5) is 2.47. The zero-order valence-electron chi connectivity index (χ0n) is 14.1. The van der Waals surface area contributed by atoms with Gasteiger partial charge < -0.3 is 15.2 Å². The summed E-state index contributed by atoms with van der Waals surface area (Å²) in [6, 6.07) is 3.99. The van der Waals surface area contributed by atoms with Crippen molar-refractivity contribution in [3.05, 3.63) is 22.7 Å². The molecule has 0 amide bonds. The van der Waals surface area contributed by atoms with E-state index in [4.69, 9.17) is 16.3 Å². The van der Waals surface area contributed by atoms with Crippen LogP contribution in [0.25, 0.3) is 0 Å². The van der Waals surface area contributed by atoms with Gasteiger partial charge in [-0.3, -0.25) is 4.90 Å². The average molecular weight is 386 g/mol. The summed E-state index contributed by atoms with van der Waals surface area (Å²) in [6.45, 7) is 10.7. The molecule has 0 unspecified atom stereocenters. The standard InChI is InChI=1S/C16H25ClN2O2.2ClH/c1-16(2,3)15(19-7-5-18-6-8-19)11-9-12(17)14(20)13(10-11)21-4;;/h9-10,15,18,20H,5-8H2,1-4H3;2*1H/t15-;;/m1../s1. The third-order valence-electron chi connectivity index (χ3n) is 3.92. The highest BCUT2D eigenvalue weighted by Gasteiger charge is 2.33. The van der Waals surface area contributed by atoms with Gasteiger partial charge in [0.05, 0.1) is 12.1 Å². The number of methoxy groups -OCH3 is 1. The third kappa shape index (κ3) is 5.30. The molecule has 1 atom stereocenters. The molecule has 1 fully saturated rings. The lowest BCUT2D eigenvalue weighted by molar-refractivity contribution is 0.0860. The van der Waals surface area contributed by atoms with E-state index in [1.165, 1.54) is 0 Å². The molecule has 0 aromatic heterocycles. The topological polar surface area (TPSA) is 44.7 Å². The van der Waals surface area contributed by atoms with Gasteiger partial charge in [-0.25, -0.2) is 0 Å². The number of phenols is 1. The lowest BCUT2D eigenvalue weighted by Gasteiger charge is -2.42. The number of nitrogens with zero attached hydrogens (tertiary/aromatic N) is 1. The predicted molar refractivity (Wildman–Crippen MR) is 101 cm³/mol. The van der Waals surface area contributed by atoms with Gasteiger partial charge in [-0.1, -0.05) is 32.4 Å². The molecule has 0 aliphatic carbocycles. The summed E-state index contributed by atoms with van der Waals surface area (Å²) < 4.78 is 5.25. The molecule has 2 N–H and O–H groups in total. The smallest absolute Gasteiger partial charge is 0.176 e. The van der Waals surface area contributed by atoms with E-state index in [0.717, 1.165) is 31.7 Å². The van der Waals surface area contributed by atoms with Crippen molar-refractivity contribution in [2.24, 2.45) is 5.41 Å². The van der Waals surface area contributed by atoms with Crippen LogP contribution in [-0.4, -0.2) is 43.3 Å². The zero-order valence-corrected chi connectivity index (χ0v) is 16.4.